The molecule has 0 radical (unpaired) electrons. The van der Waals surface area contributed by atoms with Crippen LogP contribution in [0.4, 0.5) is 0 Å². The summed E-state index contributed by atoms with van der Waals surface area (Å²) in [5, 5.41) is 14.5. The topological polar surface area (TPSA) is 70.6 Å². The van der Waals surface area contributed by atoms with E-state index in [1.807, 2.05) is 0 Å². The van der Waals surface area contributed by atoms with Gasteiger partial charge >= 0.3 is 0 Å². The van der Waals surface area contributed by atoms with Gasteiger partial charge in [0.25, 0.3) is 0 Å². The summed E-state index contributed by atoms with van der Waals surface area (Å²) in [5.74, 6) is 0.668. The van der Waals surface area contributed by atoms with Crippen LogP contribution in [0.1, 0.15) is 19.8 Å². The van der Waals surface area contributed by atoms with Crippen molar-refractivity contribution >= 4 is 5.91 Å². The summed E-state index contributed by atoms with van der Waals surface area (Å²) in [6.07, 6.45) is 2.05. The van der Waals surface area contributed by atoms with Gasteiger partial charge in [-0.05, 0) is 25.3 Å². The first-order valence-electron chi connectivity index (χ1n) is 5.93. The highest BCUT2D eigenvalue weighted by Gasteiger charge is 2.23. The second-order valence-electron chi connectivity index (χ2n) is 4.26. The first-order chi connectivity index (χ1) is 7.74. The highest BCUT2D eigenvalue weighted by molar-refractivity contribution is 5.81. The molecule has 1 aliphatic heterocycles. The summed E-state index contributed by atoms with van der Waals surface area (Å²) >= 11 is 0. The molecule has 2 unspecified atom stereocenters. The number of piperidine rings is 1. The van der Waals surface area contributed by atoms with Gasteiger partial charge < -0.3 is 20.5 Å². The molecule has 5 nitrogen and oxygen atoms in total. The number of hydrogen-bond acceptors (Lipinski definition) is 4. The first kappa shape index (κ1) is 13.4. The minimum absolute atomic E-state index is 0.0235. The predicted octanol–water partition coefficient (Wildman–Crippen LogP) is -0.500. The van der Waals surface area contributed by atoms with Crippen LogP contribution in [0.15, 0.2) is 0 Å². The highest BCUT2D eigenvalue weighted by Crippen LogP contribution is 2.14. The van der Waals surface area contributed by atoms with E-state index in [9.17, 15) is 4.79 Å². The molecule has 1 amide bonds. The van der Waals surface area contributed by atoms with Gasteiger partial charge in [-0.3, -0.25) is 4.79 Å². The van der Waals surface area contributed by atoms with E-state index in [1.54, 1.807) is 0 Å². The van der Waals surface area contributed by atoms with E-state index in [4.69, 9.17) is 9.84 Å². The Bertz CT molecular complexity index is 211. The summed E-state index contributed by atoms with van der Waals surface area (Å²) in [6, 6.07) is -0.0541. The number of aliphatic hydroxyl groups excluding tert-OH is 1. The second-order valence-corrected chi connectivity index (χ2v) is 4.26. The van der Waals surface area contributed by atoms with Crippen molar-refractivity contribution in [3.63, 3.8) is 0 Å². The molecule has 5 heteroatoms. The van der Waals surface area contributed by atoms with Crippen molar-refractivity contribution in [2.24, 2.45) is 5.92 Å². The first-order valence-corrected chi connectivity index (χ1v) is 5.93. The molecule has 0 aliphatic carbocycles. The van der Waals surface area contributed by atoms with Gasteiger partial charge in [0.15, 0.2) is 0 Å². The Labute approximate surface area is 96.6 Å². The second kappa shape index (κ2) is 7.60. The molecule has 1 heterocycles. The SMILES string of the molecule is CC1CCNC(C(=O)NCCOCCO)C1. The lowest BCUT2D eigenvalue weighted by Crippen LogP contribution is -2.49. The number of carbonyl (C=O) groups excluding carboxylic acids is 1. The van der Waals surface area contributed by atoms with Crippen LogP contribution in [0, 0.1) is 5.92 Å². The third-order valence-electron chi connectivity index (χ3n) is 2.76. The molecule has 0 aromatic heterocycles. The summed E-state index contributed by atoms with van der Waals surface area (Å²) in [4.78, 5) is 11.7. The third kappa shape index (κ3) is 4.92. The summed E-state index contributed by atoms with van der Waals surface area (Å²) in [5.41, 5.74) is 0. The molecule has 0 aromatic rings. The predicted molar refractivity (Wildman–Crippen MR) is 61.1 cm³/mol. The molecule has 1 aliphatic rings. The van der Waals surface area contributed by atoms with E-state index in [1.165, 1.54) is 0 Å². The van der Waals surface area contributed by atoms with Crippen molar-refractivity contribution < 1.29 is 14.6 Å². The van der Waals surface area contributed by atoms with Crippen LogP contribution in [0.3, 0.4) is 0 Å². The van der Waals surface area contributed by atoms with Crippen LogP contribution in [-0.4, -0.2) is 50.0 Å². The number of nitrogens with one attached hydrogen (secondary N) is 2. The molecule has 0 saturated carbocycles. The molecular weight excluding hydrogens is 208 g/mol. The lowest BCUT2D eigenvalue weighted by Gasteiger charge is -2.27. The molecule has 1 saturated heterocycles. The zero-order chi connectivity index (χ0) is 11.8. The van der Waals surface area contributed by atoms with Gasteiger partial charge in [-0.1, -0.05) is 6.92 Å². The van der Waals surface area contributed by atoms with E-state index >= 15 is 0 Å². The highest BCUT2D eigenvalue weighted by atomic mass is 16.5. The van der Waals surface area contributed by atoms with Crippen LogP contribution < -0.4 is 10.6 Å². The molecular formula is C11H22N2O3. The molecule has 1 fully saturated rings. The van der Waals surface area contributed by atoms with E-state index in [0.717, 1.165) is 19.4 Å². The van der Waals surface area contributed by atoms with Gasteiger partial charge in [0, 0.05) is 6.54 Å². The smallest absolute Gasteiger partial charge is 0.237 e. The monoisotopic (exact) mass is 230 g/mol. The van der Waals surface area contributed by atoms with Crippen LogP contribution in [0.5, 0.6) is 0 Å². The van der Waals surface area contributed by atoms with Crippen molar-refractivity contribution in [2.75, 3.05) is 32.9 Å². The molecule has 2 atom stereocenters. The lowest BCUT2D eigenvalue weighted by atomic mass is 9.94. The average Bonchev–Trinajstić information content (AvgIpc) is 2.28. The van der Waals surface area contributed by atoms with Crippen molar-refractivity contribution in [3.8, 4) is 0 Å². The van der Waals surface area contributed by atoms with Crippen LogP contribution in [-0.2, 0) is 9.53 Å². The summed E-state index contributed by atoms with van der Waals surface area (Å²) in [6.45, 7) is 4.40. The maximum Gasteiger partial charge on any atom is 0.237 e. The summed E-state index contributed by atoms with van der Waals surface area (Å²) in [7, 11) is 0. The largest absolute Gasteiger partial charge is 0.394 e. The molecule has 0 bridgehead atoms. The molecule has 94 valence electrons. The van der Waals surface area contributed by atoms with E-state index < -0.39 is 0 Å². The Balaban J connectivity index is 2.09. The fourth-order valence-corrected chi connectivity index (χ4v) is 1.84. The molecule has 0 aromatic carbocycles. The Morgan fingerprint density at radius 3 is 3.06 bits per heavy atom. The number of amides is 1. The zero-order valence-corrected chi connectivity index (χ0v) is 9.87. The van der Waals surface area contributed by atoms with Crippen molar-refractivity contribution in [1.82, 2.24) is 10.6 Å². The van der Waals surface area contributed by atoms with Gasteiger partial charge in [-0.25, -0.2) is 0 Å². The molecule has 0 spiro atoms. The maximum atomic E-state index is 11.7. The minimum atomic E-state index is -0.0541. The average molecular weight is 230 g/mol. The van der Waals surface area contributed by atoms with Crippen LogP contribution in [0.2, 0.25) is 0 Å². The van der Waals surface area contributed by atoms with Gasteiger partial charge in [-0.15, -0.1) is 0 Å². The third-order valence-corrected chi connectivity index (χ3v) is 2.76. The van der Waals surface area contributed by atoms with Crippen LogP contribution in [0.25, 0.3) is 0 Å². The number of ether oxygens (including phenoxy) is 1. The number of rotatable bonds is 6. The normalized spacial score (nSPS) is 25.4. The Kier molecular flexibility index (Phi) is 6.37. The molecule has 3 N–H and O–H groups in total. The summed E-state index contributed by atoms with van der Waals surface area (Å²) < 4.78 is 5.06. The fraction of sp³-hybridized carbons (Fsp3) is 0.909. The Morgan fingerprint density at radius 2 is 2.38 bits per heavy atom. The molecule has 1 rings (SSSR count). The van der Waals surface area contributed by atoms with E-state index in [2.05, 4.69) is 17.6 Å². The zero-order valence-electron chi connectivity index (χ0n) is 9.87. The Morgan fingerprint density at radius 1 is 1.56 bits per heavy atom. The minimum Gasteiger partial charge on any atom is -0.394 e. The quantitative estimate of drug-likeness (QED) is 0.538. The van der Waals surface area contributed by atoms with Gasteiger partial charge in [0.1, 0.15) is 0 Å². The lowest BCUT2D eigenvalue weighted by molar-refractivity contribution is -0.124. The van der Waals surface area contributed by atoms with Crippen LogP contribution >= 0.6 is 0 Å². The van der Waals surface area contributed by atoms with Crippen molar-refractivity contribution in [1.29, 1.82) is 0 Å². The van der Waals surface area contributed by atoms with Gasteiger partial charge in [0.05, 0.1) is 25.9 Å². The number of aliphatic hydroxyl groups is 1. The van der Waals surface area contributed by atoms with E-state index in [-0.39, 0.29) is 18.6 Å². The standard InChI is InChI=1S/C11H22N2O3/c1-9-2-3-12-10(8-9)11(15)13-4-6-16-7-5-14/h9-10,12,14H,2-8H2,1H3,(H,13,15). The van der Waals surface area contributed by atoms with Crippen molar-refractivity contribution in [3.05, 3.63) is 0 Å². The fourth-order valence-electron chi connectivity index (χ4n) is 1.84. The van der Waals surface area contributed by atoms with Gasteiger partial charge in [-0.2, -0.15) is 0 Å². The van der Waals surface area contributed by atoms with Gasteiger partial charge in [0.2, 0.25) is 5.91 Å². The van der Waals surface area contributed by atoms with E-state index in [0.29, 0.717) is 25.7 Å². The maximum absolute atomic E-state index is 11.7. The Hall–Kier alpha value is -0.650. The molecule has 16 heavy (non-hydrogen) atoms. The number of carbonyl (C=O) groups is 1. The number of hydrogen-bond donors (Lipinski definition) is 3. The van der Waals surface area contributed by atoms with Crippen molar-refractivity contribution in [2.45, 2.75) is 25.8 Å².